The number of benzene rings is 1. The number of hydrogen-bond donors (Lipinski definition) is 2. The molecule has 5 heteroatoms. The molecule has 2 rings (SSSR count). The van der Waals surface area contributed by atoms with Gasteiger partial charge in [-0.1, -0.05) is 24.6 Å². The molecule has 1 heterocycles. The number of rotatable bonds is 3. The SMILES string of the molecule is CCc1cc(NC(=O)c2cc(Cl)ccc2C)n[nH]1. The van der Waals surface area contributed by atoms with Gasteiger partial charge in [-0.2, -0.15) is 5.10 Å². The van der Waals surface area contributed by atoms with Crippen LogP contribution in [0.25, 0.3) is 0 Å². The second-order valence-corrected chi connectivity index (χ2v) is 4.48. The minimum atomic E-state index is -0.204. The third-order valence-electron chi connectivity index (χ3n) is 2.70. The van der Waals surface area contributed by atoms with Crippen LogP contribution in [-0.2, 0) is 6.42 Å². The normalized spacial score (nSPS) is 10.4. The molecule has 0 unspecified atom stereocenters. The van der Waals surface area contributed by atoms with Crippen LogP contribution in [0.2, 0.25) is 5.02 Å². The zero-order chi connectivity index (χ0) is 13.1. The molecule has 0 aliphatic carbocycles. The lowest BCUT2D eigenvalue weighted by Crippen LogP contribution is -2.13. The summed E-state index contributed by atoms with van der Waals surface area (Å²) in [6, 6.07) is 7.05. The summed E-state index contributed by atoms with van der Waals surface area (Å²) in [5.74, 6) is 0.320. The van der Waals surface area contributed by atoms with Crippen molar-refractivity contribution in [1.82, 2.24) is 10.2 Å². The van der Waals surface area contributed by atoms with Gasteiger partial charge >= 0.3 is 0 Å². The molecular formula is C13H14ClN3O. The maximum absolute atomic E-state index is 12.1. The Morgan fingerprint density at radius 1 is 1.44 bits per heavy atom. The van der Waals surface area contributed by atoms with E-state index >= 15 is 0 Å². The number of H-pyrrole nitrogens is 1. The maximum atomic E-state index is 12.1. The first-order valence-electron chi connectivity index (χ1n) is 5.72. The molecular weight excluding hydrogens is 250 g/mol. The molecule has 0 saturated heterocycles. The van der Waals surface area contributed by atoms with Gasteiger partial charge in [0.05, 0.1) is 0 Å². The highest BCUT2D eigenvalue weighted by Gasteiger charge is 2.11. The van der Waals surface area contributed by atoms with Gasteiger partial charge in [0, 0.05) is 22.3 Å². The fourth-order valence-corrected chi connectivity index (χ4v) is 1.80. The van der Waals surface area contributed by atoms with Crippen molar-refractivity contribution in [3.8, 4) is 0 Å². The molecule has 0 aliphatic heterocycles. The van der Waals surface area contributed by atoms with E-state index in [0.29, 0.717) is 16.4 Å². The molecule has 2 aromatic rings. The smallest absolute Gasteiger partial charge is 0.257 e. The minimum Gasteiger partial charge on any atom is -0.305 e. The summed E-state index contributed by atoms with van der Waals surface area (Å²) in [6.45, 7) is 3.88. The highest BCUT2D eigenvalue weighted by atomic mass is 35.5. The molecule has 1 amide bonds. The molecule has 2 N–H and O–H groups in total. The van der Waals surface area contributed by atoms with Crippen LogP contribution in [-0.4, -0.2) is 16.1 Å². The largest absolute Gasteiger partial charge is 0.305 e. The van der Waals surface area contributed by atoms with Gasteiger partial charge < -0.3 is 5.32 Å². The van der Waals surface area contributed by atoms with E-state index in [9.17, 15) is 4.79 Å². The van der Waals surface area contributed by atoms with Crippen LogP contribution in [0.15, 0.2) is 24.3 Å². The number of halogens is 1. The predicted octanol–water partition coefficient (Wildman–Crippen LogP) is 3.19. The van der Waals surface area contributed by atoms with Gasteiger partial charge in [-0.15, -0.1) is 0 Å². The lowest BCUT2D eigenvalue weighted by Gasteiger charge is -2.05. The van der Waals surface area contributed by atoms with E-state index in [0.717, 1.165) is 17.7 Å². The van der Waals surface area contributed by atoms with Crippen LogP contribution in [0.5, 0.6) is 0 Å². The van der Waals surface area contributed by atoms with E-state index in [1.165, 1.54) is 0 Å². The van der Waals surface area contributed by atoms with Crippen molar-refractivity contribution in [2.75, 3.05) is 5.32 Å². The first kappa shape index (κ1) is 12.6. The summed E-state index contributed by atoms with van der Waals surface area (Å²) in [4.78, 5) is 12.1. The van der Waals surface area contributed by atoms with Gasteiger partial charge in [0.2, 0.25) is 0 Å². The summed E-state index contributed by atoms with van der Waals surface area (Å²) in [7, 11) is 0. The molecule has 0 bridgehead atoms. The van der Waals surface area contributed by atoms with Crippen molar-refractivity contribution in [3.63, 3.8) is 0 Å². The molecule has 0 spiro atoms. The van der Waals surface area contributed by atoms with Gasteiger partial charge in [-0.25, -0.2) is 0 Å². The predicted molar refractivity (Wildman–Crippen MR) is 72.1 cm³/mol. The van der Waals surface area contributed by atoms with Crippen molar-refractivity contribution in [2.24, 2.45) is 0 Å². The molecule has 94 valence electrons. The third-order valence-corrected chi connectivity index (χ3v) is 2.93. The Hall–Kier alpha value is -1.81. The Morgan fingerprint density at radius 2 is 2.22 bits per heavy atom. The number of aryl methyl sites for hydroxylation is 2. The van der Waals surface area contributed by atoms with Crippen molar-refractivity contribution in [2.45, 2.75) is 20.3 Å². The number of aromatic nitrogens is 2. The van der Waals surface area contributed by atoms with Gasteiger partial charge in [0.25, 0.3) is 5.91 Å². The first-order valence-corrected chi connectivity index (χ1v) is 6.09. The minimum absolute atomic E-state index is 0.204. The lowest BCUT2D eigenvalue weighted by molar-refractivity contribution is 0.102. The van der Waals surface area contributed by atoms with Crippen molar-refractivity contribution >= 4 is 23.3 Å². The molecule has 0 radical (unpaired) electrons. The van der Waals surface area contributed by atoms with E-state index in [-0.39, 0.29) is 5.91 Å². The Kier molecular flexibility index (Phi) is 3.67. The zero-order valence-electron chi connectivity index (χ0n) is 10.2. The number of carbonyl (C=O) groups is 1. The van der Waals surface area contributed by atoms with Crippen LogP contribution in [0.1, 0.15) is 28.5 Å². The maximum Gasteiger partial charge on any atom is 0.257 e. The number of carbonyl (C=O) groups excluding carboxylic acids is 1. The van der Waals surface area contributed by atoms with E-state index in [1.807, 2.05) is 26.0 Å². The standard InChI is InChI=1S/C13H14ClN3O/c1-3-10-7-12(17-16-10)15-13(18)11-6-9(14)5-4-8(11)2/h4-7H,3H2,1-2H3,(H2,15,16,17,18). The highest BCUT2D eigenvalue weighted by Crippen LogP contribution is 2.17. The van der Waals surface area contributed by atoms with Gasteiger partial charge in [0.15, 0.2) is 5.82 Å². The second-order valence-electron chi connectivity index (χ2n) is 4.05. The van der Waals surface area contributed by atoms with Crippen molar-refractivity contribution in [1.29, 1.82) is 0 Å². The Balaban J connectivity index is 2.19. The fourth-order valence-electron chi connectivity index (χ4n) is 1.63. The number of anilines is 1. The number of amides is 1. The van der Waals surface area contributed by atoms with Crippen LogP contribution >= 0.6 is 11.6 Å². The second kappa shape index (κ2) is 5.23. The van der Waals surface area contributed by atoms with Crippen LogP contribution < -0.4 is 5.32 Å². The van der Waals surface area contributed by atoms with Crippen molar-refractivity contribution < 1.29 is 4.79 Å². The molecule has 0 saturated carbocycles. The molecule has 4 nitrogen and oxygen atoms in total. The topological polar surface area (TPSA) is 57.8 Å². The van der Waals surface area contributed by atoms with E-state index < -0.39 is 0 Å². The number of hydrogen-bond acceptors (Lipinski definition) is 2. The summed E-state index contributed by atoms with van der Waals surface area (Å²) in [5, 5.41) is 10.1. The molecule has 0 atom stereocenters. The zero-order valence-corrected chi connectivity index (χ0v) is 11.0. The Labute approximate surface area is 110 Å². The van der Waals surface area contributed by atoms with Gasteiger partial charge in [-0.05, 0) is 31.0 Å². The molecule has 0 fully saturated rings. The van der Waals surface area contributed by atoms with E-state index in [2.05, 4.69) is 15.5 Å². The number of nitrogens with zero attached hydrogens (tertiary/aromatic N) is 1. The first-order chi connectivity index (χ1) is 8.60. The average Bonchev–Trinajstić information content (AvgIpc) is 2.80. The number of aromatic amines is 1. The van der Waals surface area contributed by atoms with Gasteiger partial charge in [0.1, 0.15) is 0 Å². The molecule has 0 aliphatic rings. The average molecular weight is 264 g/mol. The van der Waals surface area contributed by atoms with Gasteiger partial charge in [-0.3, -0.25) is 9.89 Å². The highest BCUT2D eigenvalue weighted by molar-refractivity contribution is 6.31. The fraction of sp³-hybridized carbons (Fsp3) is 0.231. The summed E-state index contributed by atoms with van der Waals surface area (Å²) in [5.41, 5.74) is 2.42. The monoisotopic (exact) mass is 263 g/mol. The molecule has 18 heavy (non-hydrogen) atoms. The molecule has 1 aromatic heterocycles. The lowest BCUT2D eigenvalue weighted by atomic mass is 10.1. The summed E-state index contributed by atoms with van der Waals surface area (Å²) in [6.07, 6.45) is 0.846. The van der Waals surface area contributed by atoms with E-state index in [1.54, 1.807) is 12.1 Å². The van der Waals surface area contributed by atoms with Crippen LogP contribution in [0, 0.1) is 6.92 Å². The van der Waals surface area contributed by atoms with Crippen molar-refractivity contribution in [3.05, 3.63) is 46.1 Å². The Morgan fingerprint density at radius 3 is 2.89 bits per heavy atom. The third kappa shape index (κ3) is 2.71. The van der Waals surface area contributed by atoms with E-state index in [4.69, 9.17) is 11.6 Å². The summed E-state index contributed by atoms with van der Waals surface area (Å²) >= 11 is 5.89. The van der Waals surface area contributed by atoms with Crippen LogP contribution in [0.3, 0.4) is 0 Å². The summed E-state index contributed by atoms with van der Waals surface area (Å²) < 4.78 is 0. The number of nitrogens with one attached hydrogen (secondary N) is 2. The molecule has 1 aromatic carbocycles. The van der Waals surface area contributed by atoms with Crippen LogP contribution in [0.4, 0.5) is 5.82 Å². The quantitative estimate of drug-likeness (QED) is 0.894. The Bertz CT molecular complexity index is 577.